The van der Waals surface area contributed by atoms with Crippen molar-refractivity contribution in [2.75, 3.05) is 14.2 Å². The first-order valence-electron chi connectivity index (χ1n) is 6.49. The van der Waals surface area contributed by atoms with Crippen LogP contribution in [0.1, 0.15) is 17.2 Å². The molecule has 2 aromatic carbocycles. The third kappa shape index (κ3) is 4.22. The molecule has 0 aromatic heterocycles. The average molecular weight is 434 g/mol. The first kappa shape index (κ1) is 16.8. The van der Waals surface area contributed by atoms with Crippen LogP contribution in [0.15, 0.2) is 45.3 Å². The lowest BCUT2D eigenvalue weighted by Crippen LogP contribution is -2.19. The molecular formula is C16H16Br2ClNO. The lowest BCUT2D eigenvalue weighted by atomic mass is 9.99. The zero-order valence-corrected chi connectivity index (χ0v) is 15.7. The Kier molecular flexibility index (Phi) is 6.11. The smallest absolute Gasteiger partial charge is 0.133 e. The Hall–Kier alpha value is -0.550. The Morgan fingerprint density at radius 1 is 1.19 bits per heavy atom. The van der Waals surface area contributed by atoms with Gasteiger partial charge in [0, 0.05) is 15.5 Å². The molecule has 0 heterocycles. The molecule has 1 atom stereocenters. The van der Waals surface area contributed by atoms with Gasteiger partial charge < -0.3 is 10.1 Å². The molecule has 0 radical (unpaired) electrons. The first-order valence-corrected chi connectivity index (χ1v) is 8.46. The SMILES string of the molecule is CNC(Cc1ccc(Br)cc1Cl)c1ccc(OC)c(Br)c1. The van der Waals surface area contributed by atoms with Gasteiger partial charge in [-0.1, -0.05) is 39.7 Å². The number of rotatable bonds is 5. The summed E-state index contributed by atoms with van der Waals surface area (Å²) in [7, 11) is 3.62. The van der Waals surface area contributed by atoms with Gasteiger partial charge >= 0.3 is 0 Å². The molecular weight excluding hydrogens is 417 g/mol. The summed E-state index contributed by atoms with van der Waals surface area (Å²) in [5.41, 5.74) is 2.30. The molecule has 2 aromatic rings. The Morgan fingerprint density at radius 3 is 2.52 bits per heavy atom. The van der Waals surface area contributed by atoms with E-state index in [9.17, 15) is 0 Å². The minimum absolute atomic E-state index is 0.186. The van der Waals surface area contributed by atoms with Gasteiger partial charge in [0.15, 0.2) is 0 Å². The zero-order chi connectivity index (χ0) is 15.4. The summed E-state index contributed by atoms with van der Waals surface area (Å²) in [5, 5.41) is 4.12. The van der Waals surface area contributed by atoms with Gasteiger partial charge in [-0.25, -0.2) is 0 Å². The molecule has 5 heteroatoms. The number of likely N-dealkylation sites (N-methyl/N-ethyl adjacent to an activating group) is 1. The fourth-order valence-electron chi connectivity index (χ4n) is 2.19. The second kappa shape index (κ2) is 7.63. The Morgan fingerprint density at radius 2 is 1.95 bits per heavy atom. The Labute approximate surface area is 147 Å². The molecule has 2 rings (SSSR count). The summed E-state index contributed by atoms with van der Waals surface area (Å²) in [4.78, 5) is 0. The number of hydrogen-bond donors (Lipinski definition) is 1. The standard InChI is InChI=1S/C16H16Br2ClNO/c1-20-15(8-10-3-5-12(17)9-14(10)19)11-4-6-16(21-2)13(18)7-11/h3-7,9,15,20H,8H2,1-2H3. The molecule has 1 N–H and O–H groups in total. The molecule has 0 aliphatic heterocycles. The summed E-state index contributed by atoms with van der Waals surface area (Å²) in [6.07, 6.45) is 0.821. The summed E-state index contributed by atoms with van der Waals surface area (Å²) in [6.45, 7) is 0. The van der Waals surface area contributed by atoms with Crippen LogP contribution in [0, 0.1) is 0 Å². The summed E-state index contributed by atoms with van der Waals surface area (Å²) < 4.78 is 7.21. The van der Waals surface area contributed by atoms with E-state index in [0.29, 0.717) is 0 Å². The molecule has 0 amide bonds. The number of benzene rings is 2. The third-order valence-corrected chi connectivity index (χ3v) is 4.83. The number of methoxy groups -OCH3 is 1. The number of hydrogen-bond acceptors (Lipinski definition) is 2. The monoisotopic (exact) mass is 431 g/mol. The highest BCUT2D eigenvalue weighted by molar-refractivity contribution is 9.10. The molecule has 112 valence electrons. The molecule has 0 bridgehead atoms. The molecule has 0 spiro atoms. The minimum Gasteiger partial charge on any atom is -0.496 e. The largest absolute Gasteiger partial charge is 0.496 e. The van der Waals surface area contributed by atoms with Gasteiger partial charge in [0.2, 0.25) is 0 Å². The van der Waals surface area contributed by atoms with E-state index in [1.54, 1.807) is 7.11 Å². The molecule has 1 unspecified atom stereocenters. The van der Waals surface area contributed by atoms with Crippen molar-refractivity contribution < 1.29 is 4.74 Å². The van der Waals surface area contributed by atoms with Crippen molar-refractivity contribution in [1.82, 2.24) is 5.32 Å². The van der Waals surface area contributed by atoms with Crippen LogP contribution >= 0.6 is 43.5 Å². The highest BCUT2D eigenvalue weighted by atomic mass is 79.9. The van der Waals surface area contributed by atoms with Crippen LogP contribution < -0.4 is 10.1 Å². The topological polar surface area (TPSA) is 21.3 Å². The van der Waals surface area contributed by atoms with E-state index in [-0.39, 0.29) is 6.04 Å². The van der Waals surface area contributed by atoms with E-state index in [1.807, 2.05) is 25.2 Å². The van der Waals surface area contributed by atoms with Crippen LogP contribution in [-0.2, 0) is 6.42 Å². The molecule has 21 heavy (non-hydrogen) atoms. The molecule has 0 aliphatic carbocycles. The second-order valence-corrected chi connectivity index (χ2v) is 6.85. The zero-order valence-electron chi connectivity index (χ0n) is 11.8. The van der Waals surface area contributed by atoms with Crippen molar-refractivity contribution in [3.05, 3.63) is 61.5 Å². The van der Waals surface area contributed by atoms with Gasteiger partial charge in [-0.15, -0.1) is 0 Å². The molecule has 0 saturated carbocycles. The van der Waals surface area contributed by atoms with E-state index in [0.717, 1.165) is 31.7 Å². The highest BCUT2D eigenvalue weighted by Gasteiger charge is 2.14. The van der Waals surface area contributed by atoms with E-state index in [2.05, 4.69) is 55.4 Å². The Balaban J connectivity index is 2.25. The lowest BCUT2D eigenvalue weighted by molar-refractivity contribution is 0.411. The predicted octanol–water partition coefficient (Wildman–Crippen LogP) is 5.38. The normalized spacial score (nSPS) is 12.2. The molecule has 0 fully saturated rings. The maximum atomic E-state index is 6.31. The average Bonchev–Trinajstić information content (AvgIpc) is 2.46. The van der Waals surface area contributed by atoms with Crippen molar-refractivity contribution >= 4 is 43.5 Å². The summed E-state index contributed by atoms with van der Waals surface area (Å²) in [5.74, 6) is 0.829. The van der Waals surface area contributed by atoms with E-state index in [4.69, 9.17) is 16.3 Å². The quantitative estimate of drug-likeness (QED) is 0.684. The van der Waals surface area contributed by atoms with Gasteiger partial charge in [-0.3, -0.25) is 0 Å². The van der Waals surface area contributed by atoms with Gasteiger partial charge in [0.25, 0.3) is 0 Å². The van der Waals surface area contributed by atoms with Gasteiger partial charge in [0.05, 0.1) is 11.6 Å². The summed E-state index contributed by atoms with van der Waals surface area (Å²) >= 11 is 13.3. The maximum Gasteiger partial charge on any atom is 0.133 e. The third-order valence-electron chi connectivity index (χ3n) is 3.37. The fourth-order valence-corrected chi connectivity index (χ4v) is 3.50. The maximum absolute atomic E-state index is 6.31. The molecule has 2 nitrogen and oxygen atoms in total. The summed E-state index contributed by atoms with van der Waals surface area (Å²) in [6, 6.07) is 12.3. The van der Waals surface area contributed by atoms with Crippen molar-refractivity contribution in [3.8, 4) is 5.75 Å². The lowest BCUT2D eigenvalue weighted by Gasteiger charge is -2.18. The van der Waals surface area contributed by atoms with Crippen molar-refractivity contribution in [2.24, 2.45) is 0 Å². The molecule has 0 aliphatic rings. The van der Waals surface area contributed by atoms with Gasteiger partial charge in [0.1, 0.15) is 5.75 Å². The van der Waals surface area contributed by atoms with Crippen LogP contribution in [0.4, 0.5) is 0 Å². The molecule has 0 saturated heterocycles. The van der Waals surface area contributed by atoms with Gasteiger partial charge in [-0.2, -0.15) is 0 Å². The fraction of sp³-hybridized carbons (Fsp3) is 0.250. The van der Waals surface area contributed by atoms with Crippen LogP contribution in [0.25, 0.3) is 0 Å². The second-order valence-electron chi connectivity index (χ2n) is 4.68. The highest BCUT2D eigenvalue weighted by Crippen LogP contribution is 2.31. The van der Waals surface area contributed by atoms with Crippen molar-refractivity contribution in [1.29, 1.82) is 0 Å². The predicted molar refractivity (Wildman–Crippen MR) is 95.4 cm³/mol. The van der Waals surface area contributed by atoms with Crippen LogP contribution in [0.3, 0.4) is 0 Å². The van der Waals surface area contributed by atoms with Crippen LogP contribution in [0.5, 0.6) is 5.75 Å². The number of ether oxygens (including phenoxy) is 1. The van der Waals surface area contributed by atoms with Crippen molar-refractivity contribution in [3.63, 3.8) is 0 Å². The van der Waals surface area contributed by atoms with Crippen molar-refractivity contribution in [2.45, 2.75) is 12.5 Å². The van der Waals surface area contributed by atoms with E-state index < -0.39 is 0 Å². The number of nitrogens with one attached hydrogen (secondary N) is 1. The Bertz CT molecular complexity index is 634. The number of halogens is 3. The van der Waals surface area contributed by atoms with Gasteiger partial charge in [-0.05, 0) is 64.8 Å². The van der Waals surface area contributed by atoms with E-state index in [1.165, 1.54) is 5.56 Å². The minimum atomic E-state index is 0.186. The van der Waals surface area contributed by atoms with Crippen LogP contribution in [-0.4, -0.2) is 14.2 Å². The first-order chi connectivity index (χ1) is 10.0. The van der Waals surface area contributed by atoms with Crippen LogP contribution in [0.2, 0.25) is 5.02 Å². The van der Waals surface area contributed by atoms with E-state index >= 15 is 0 Å².